The van der Waals surface area contributed by atoms with Crippen molar-refractivity contribution in [3.8, 4) is 0 Å². The van der Waals surface area contributed by atoms with Gasteiger partial charge in [0, 0.05) is 15.6 Å². The zero-order valence-electron chi connectivity index (χ0n) is 10.8. The van der Waals surface area contributed by atoms with E-state index in [4.69, 9.17) is 38.0 Å². The number of hydrogen-bond donors (Lipinski definition) is 2. The number of rotatable bonds is 4. The zero-order chi connectivity index (χ0) is 15.4. The van der Waals surface area contributed by atoms with Gasteiger partial charge in [-0.15, -0.1) is 0 Å². The monoisotopic (exact) mass is 324 g/mol. The van der Waals surface area contributed by atoms with Crippen molar-refractivity contribution in [2.24, 2.45) is 0 Å². The molecule has 0 aromatic heterocycles. The summed E-state index contributed by atoms with van der Waals surface area (Å²) in [5, 5.41) is 19.0. The zero-order valence-corrected chi connectivity index (χ0v) is 12.3. The molecule has 0 radical (unpaired) electrons. The first-order chi connectivity index (χ1) is 9.99. The van der Waals surface area contributed by atoms with Crippen LogP contribution >= 0.6 is 23.2 Å². The van der Waals surface area contributed by atoms with Gasteiger partial charge in [0.2, 0.25) is 0 Å². The van der Waals surface area contributed by atoms with Crippen LogP contribution in [-0.2, 0) is 11.3 Å². The van der Waals surface area contributed by atoms with Crippen molar-refractivity contribution in [3.63, 3.8) is 0 Å². The average Bonchev–Trinajstić information content (AvgIpc) is 2.46. The molecule has 0 spiro atoms. The highest BCUT2D eigenvalue weighted by molar-refractivity contribution is 6.58. The molecule has 2 rings (SSSR count). The molecule has 0 heterocycles. The molecular weight excluding hydrogens is 314 g/mol. The Balaban J connectivity index is 2.10. The second kappa shape index (κ2) is 6.96. The van der Waals surface area contributed by atoms with Crippen LogP contribution in [-0.4, -0.2) is 23.1 Å². The maximum absolute atomic E-state index is 11.9. The number of hydrogen-bond acceptors (Lipinski definition) is 4. The molecule has 0 aliphatic rings. The minimum atomic E-state index is -1.64. The summed E-state index contributed by atoms with van der Waals surface area (Å²) in [6, 6.07) is 10.9. The van der Waals surface area contributed by atoms with Gasteiger partial charge in [-0.1, -0.05) is 41.4 Å². The average molecular weight is 325 g/mol. The van der Waals surface area contributed by atoms with Crippen molar-refractivity contribution in [2.75, 3.05) is 0 Å². The summed E-state index contributed by atoms with van der Waals surface area (Å²) in [4.78, 5) is 11.9. The molecule has 21 heavy (non-hydrogen) atoms. The molecule has 0 aliphatic carbocycles. The third kappa shape index (κ3) is 3.98. The summed E-state index contributed by atoms with van der Waals surface area (Å²) in [7, 11) is -1.64. The van der Waals surface area contributed by atoms with Gasteiger partial charge in [-0.25, -0.2) is 4.79 Å². The van der Waals surface area contributed by atoms with Crippen molar-refractivity contribution in [3.05, 3.63) is 63.6 Å². The molecule has 0 saturated heterocycles. The molecule has 2 aromatic rings. The first-order valence-electron chi connectivity index (χ1n) is 6.05. The van der Waals surface area contributed by atoms with Gasteiger partial charge < -0.3 is 14.8 Å². The van der Waals surface area contributed by atoms with Crippen LogP contribution in [0.15, 0.2) is 42.5 Å². The van der Waals surface area contributed by atoms with E-state index in [1.165, 1.54) is 24.3 Å². The van der Waals surface area contributed by atoms with Crippen LogP contribution in [0.4, 0.5) is 0 Å². The Labute approximate surface area is 132 Å². The van der Waals surface area contributed by atoms with Gasteiger partial charge in [-0.2, -0.15) is 0 Å². The van der Waals surface area contributed by atoms with Crippen LogP contribution in [0.5, 0.6) is 0 Å². The Morgan fingerprint density at radius 2 is 1.71 bits per heavy atom. The van der Waals surface area contributed by atoms with E-state index in [9.17, 15) is 4.79 Å². The predicted molar refractivity (Wildman–Crippen MR) is 81.8 cm³/mol. The van der Waals surface area contributed by atoms with Crippen molar-refractivity contribution in [2.45, 2.75) is 6.61 Å². The molecule has 4 nitrogen and oxygen atoms in total. The fraction of sp³-hybridized carbons (Fsp3) is 0.0714. The smallest absolute Gasteiger partial charge is 0.457 e. The van der Waals surface area contributed by atoms with Crippen LogP contribution in [0.1, 0.15) is 15.9 Å². The van der Waals surface area contributed by atoms with Crippen LogP contribution in [0, 0.1) is 0 Å². The fourth-order valence-electron chi connectivity index (χ4n) is 1.72. The first-order valence-corrected chi connectivity index (χ1v) is 6.80. The Morgan fingerprint density at radius 1 is 1.10 bits per heavy atom. The minimum absolute atomic E-state index is 0.0662. The summed E-state index contributed by atoms with van der Waals surface area (Å²) in [5.41, 5.74) is 0.941. The summed E-state index contributed by atoms with van der Waals surface area (Å²) >= 11 is 12.0. The molecule has 0 fully saturated rings. The lowest BCUT2D eigenvalue weighted by Crippen LogP contribution is -2.30. The molecule has 0 unspecified atom stereocenters. The standard InChI is InChI=1S/C14H11BCl2O4/c16-12-5-2-6-13(17)11(12)8-21-14(18)9-3-1-4-10(7-9)15(19)20/h1-7,19-20H,8H2. The number of esters is 1. The SMILES string of the molecule is O=C(OCc1c(Cl)cccc1Cl)c1cccc(B(O)O)c1. The molecule has 0 aliphatic heterocycles. The normalized spacial score (nSPS) is 10.3. The predicted octanol–water partition coefficient (Wildman–Crippen LogP) is 2.03. The molecule has 0 saturated carbocycles. The van der Waals surface area contributed by atoms with Gasteiger partial charge in [-0.3, -0.25) is 0 Å². The van der Waals surface area contributed by atoms with Gasteiger partial charge in [0.15, 0.2) is 0 Å². The van der Waals surface area contributed by atoms with Crippen molar-refractivity contribution in [1.29, 1.82) is 0 Å². The molecule has 108 valence electrons. The number of halogens is 2. The van der Waals surface area contributed by atoms with E-state index in [1.54, 1.807) is 18.2 Å². The Hall–Kier alpha value is -1.53. The van der Waals surface area contributed by atoms with Crippen molar-refractivity contribution < 1.29 is 19.6 Å². The molecule has 2 N–H and O–H groups in total. The third-order valence-electron chi connectivity index (χ3n) is 2.83. The van der Waals surface area contributed by atoms with E-state index in [2.05, 4.69) is 0 Å². The number of carbonyl (C=O) groups excluding carboxylic acids is 1. The lowest BCUT2D eigenvalue weighted by Gasteiger charge is -2.09. The Morgan fingerprint density at radius 3 is 2.33 bits per heavy atom. The summed E-state index contributed by atoms with van der Waals surface area (Å²) < 4.78 is 5.14. The lowest BCUT2D eigenvalue weighted by molar-refractivity contribution is 0.0473. The highest BCUT2D eigenvalue weighted by Gasteiger charge is 2.15. The Kier molecular flexibility index (Phi) is 5.25. The minimum Gasteiger partial charge on any atom is -0.457 e. The second-order valence-corrected chi connectivity index (χ2v) is 5.09. The van der Waals surface area contributed by atoms with E-state index >= 15 is 0 Å². The van der Waals surface area contributed by atoms with E-state index in [-0.39, 0.29) is 17.6 Å². The van der Waals surface area contributed by atoms with E-state index < -0.39 is 13.1 Å². The van der Waals surface area contributed by atoms with E-state index in [0.29, 0.717) is 15.6 Å². The number of benzene rings is 2. The van der Waals surface area contributed by atoms with Crippen LogP contribution in [0.25, 0.3) is 0 Å². The molecule has 7 heteroatoms. The van der Waals surface area contributed by atoms with Crippen LogP contribution in [0.2, 0.25) is 10.0 Å². The Bertz CT molecular complexity index is 641. The van der Waals surface area contributed by atoms with Crippen LogP contribution < -0.4 is 5.46 Å². The lowest BCUT2D eigenvalue weighted by atomic mass is 9.80. The molecular formula is C14H11BCl2O4. The third-order valence-corrected chi connectivity index (χ3v) is 3.54. The summed E-state index contributed by atoms with van der Waals surface area (Å²) in [6.07, 6.45) is 0. The number of ether oxygens (including phenoxy) is 1. The second-order valence-electron chi connectivity index (χ2n) is 4.28. The first kappa shape index (κ1) is 15.9. The van der Waals surface area contributed by atoms with Crippen LogP contribution in [0.3, 0.4) is 0 Å². The topological polar surface area (TPSA) is 66.8 Å². The molecule has 0 amide bonds. The molecule has 0 atom stereocenters. The number of carbonyl (C=O) groups is 1. The van der Waals surface area contributed by atoms with Gasteiger partial charge >= 0.3 is 13.1 Å². The van der Waals surface area contributed by atoms with Gasteiger partial charge in [0.25, 0.3) is 0 Å². The van der Waals surface area contributed by atoms with E-state index in [1.807, 2.05) is 0 Å². The fourth-order valence-corrected chi connectivity index (χ4v) is 2.22. The van der Waals surface area contributed by atoms with Gasteiger partial charge in [0.1, 0.15) is 6.61 Å². The maximum atomic E-state index is 11.9. The van der Waals surface area contributed by atoms with Crippen molar-refractivity contribution >= 4 is 41.8 Å². The highest BCUT2D eigenvalue weighted by Crippen LogP contribution is 2.25. The summed E-state index contributed by atoms with van der Waals surface area (Å²) in [5.74, 6) is -0.603. The maximum Gasteiger partial charge on any atom is 0.488 e. The highest BCUT2D eigenvalue weighted by atomic mass is 35.5. The van der Waals surface area contributed by atoms with Crippen molar-refractivity contribution in [1.82, 2.24) is 0 Å². The molecule has 2 aromatic carbocycles. The molecule has 0 bridgehead atoms. The quantitative estimate of drug-likeness (QED) is 0.667. The largest absolute Gasteiger partial charge is 0.488 e. The van der Waals surface area contributed by atoms with Gasteiger partial charge in [0.05, 0.1) is 5.56 Å². The van der Waals surface area contributed by atoms with Gasteiger partial charge in [-0.05, 0) is 29.7 Å². The summed E-state index contributed by atoms with van der Waals surface area (Å²) in [6.45, 7) is -0.0662. The van der Waals surface area contributed by atoms with E-state index in [0.717, 1.165) is 0 Å².